The van der Waals surface area contributed by atoms with Gasteiger partial charge in [-0.15, -0.1) is 0 Å². The van der Waals surface area contributed by atoms with Crippen molar-refractivity contribution in [2.75, 3.05) is 19.0 Å². The summed E-state index contributed by atoms with van der Waals surface area (Å²) >= 11 is 4.02. The van der Waals surface area contributed by atoms with Crippen LogP contribution in [0.15, 0.2) is 18.2 Å². The maximum absolute atomic E-state index is 11.3. The SMILES string of the molecule is O=C(CCS)NCc1ccc2c(c1)OCCCO2. The second-order valence-corrected chi connectivity index (χ2v) is 4.53. The Morgan fingerprint density at radius 1 is 1.28 bits per heavy atom. The fourth-order valence-corrected chi connectivity index (χ4v) is 1.91. The number of fused-ring (bicyclic) bond motifs is 1. The third-order valence-corrected chi connectivity index (χ3v) is 2.86. The molecule has 1 heterocycles. The van der Waals surface area contributed by atoms with Gasteiger partial charge in [0, 0.05) is 19.4 Å². The molecule has 0 spiro atoms. The van der Waals surface area contributed by atoms with Crippen molar-refractivity contribution in [1.29, 1.82) is 0 Å². The Morgan fingerprint density at radius 3 is 2.83 bits per heavy atom. The van der Waals surface area contributed by atoms with Crippen LogP contribution in [-0.4, -0.2) is 24.9 Å². The fraction of sp³-hybridized carbons (Fsp3) is 0.462. The molecular formula is C13H17NO3S. The average Bonchev–Trinajstić information content (AvgIpc) is 2.61. The van der Waals surface area contributed by atoms with Gasteiger partial charge in [0.2, 0.25) is 5.91 Å². The molecule has 1 aromatic carbocycles. The van der Waals surface area contributed by atoms with Crippen molar-refractivity contribution in [3.05, 3.63) is 23.8 Å². The third-order valence-electron chi connectivity index (χ3n) is 2.64. The minimum absolute atomic E-state index is 0.0112. The highest BCUT2D eigenvalue weighted by molar-refractivity contribution is 7.80. The predicted molar refractivity (Wildman–Crippen MR) is 72.4 cm³/mol. The molecule has 4 nitrogen and oxygen atoms in total. The van der Waals surface area contributed by atoms with Gasteiger partial charge in [0.1, 0.15) is 0 Å². The number of carbonyl (C=O) groups excluding carboxylic acids is 1. The van der Waals surface area contributed by atoms with Gasteiger partial charge in [0.05, 0.1) is 13.2 Å². The highest BCUT2D eigenvalue weighted by Crippen LogP contribution is 2.30. The van der Waals surface area contributed by atoms with E-state index in [1.807, 2.05) is 18.2 Å². The van der Waals surface area contributed by atoms with Gasteiger partial charge in [0.25, 0.3) is 0 Å². The van der Waals surface area contributed by atoms with Crippen LogP contribution >= 0.6 is 12.6 Å². The molecular weight excluding hydrogens is 250 g/mol. The minimum Gasteiger partial charge on any atom is -0.490 e. The van der Waals surface area contributed by atoms with Crippen molar-refractivity contribution < 1.29 is 14.3 Å². The van der Waals surface area contributed by atoms with E-state index in [1.54, 1.807) is 0 Å². The van der Waals surface area contributed by atoms with E-state index in [0.29, 0.717) is 31.9 Å². The van der Waals surface area contributed by atoms with Crippen molar-refractivity contribution in [1.82, 2.24) is 5.32 Å². The van der Waals surface area contributed by atoms with E-state index >= 15 is 0 Å². The minimum atomic E-state index is 0.0112. The van der Waals surface area contributed by atoms with Crippen LogP contribution in [0.5, 0.6) is 11.5 Å². The topological polar surface area (TPSA) is 47.6 Å². The maximum atomic E-state index is 11.3. The number of amides is 1. The molecule has 1 aromatic rings. The Balaban J connectivity index is 1.97. The number of nitrogens with one attached hydrogen (secondary N) is 1. The van der Waals surface area contributed by atoms with Crippen molar-refractivity contribution in [2.24, 2.45) is 0 Å². The Morgan fingerprint density at radius 2 is 2.06 bits per heavy atom. The van der Waals surface area contributed by atoms with Crippen molar-refractivity contribution >= 4 is 18.5 Å². The molecule has 0 radical (unpaired) electrons. The number of carbonyl (C=O) groups is 1. The summed E-state index contributed by atoms with van der Waals surface area (Å²) in [4.78, 5) is 11.3. The molecule has 1 aliphatic rings. The summed E-state index contributed by atoms with van der Waals surface area (Å²) in [6.07, 6.45) is 1.33. The zero-order valence-electron chi connectivity index (χ0n) is 10.1. The number of benzene rings is 1. The van der Waals surface area contributed by atoms with Gasteiger partial charge >= 0.3 is 0 Å². The van der Waals surface area contributed by atoms with Gasteiger partial charge in [-0.25, -0.2) is 0 Å². The smallest absolute Gasteiger partial charge is 0.221 e. The summed E-state index contributed by atoms with van der Waals surface area (Å²) in [5, 5.41) is 2.84. The Bertz CT molecular complexity index is 423. The summed E-state index contributed by atoms with van der Waals surface area (Å²) in [5.41, 5.74) is 1.01. The van der Waals surface area contributed by atoms with E-state index in [9.17, 15) is 4.79 Å². The first-order chi connectivity index (χ1) is 8.79. The quantitative estimate of drug-likeness (QED) is 0.818. The first-order valence-corrected chi connectivity index (χ1v) is 6.69. The fourth-order valence-electron chi connectivity index (χ4n) is 1.71. The molecule has 0 saturated carbocycles. The highest BCUT2D eigenvalue weighted by Gasteiger charge is 2.10. The molecule has 0 aromatic heterocycles. The third kappa shape index (κ3) is 3.57. The molecule has 1 N–H and O–H groups in total. The second kappa shape index (κ2) is 6.54. The molecule has 0 bridgehead atoms. The lowest BCUT2D eigenvalue weighted by Gasteiger charge is -2.10. The molecule has 98 valence electrons. The van der Waals surface area contributed by atoms with Crippen molar-refractivity contribution in [3.8, 4) is 11.5 Å². The Kier molecular flexibility index (Phi) is 4.75. The monoisotopic (exact) mass is 267 g/mol. The normalized spacial score (nSPS) is 13.8. The molecule has 0 saturated heterocycles. The summed E-state index contributed by atoms with van der Waals surface area (Å²) in [6.45, 7) is 1.86. The van der Waals surface area contributed by atoms with Crippen LogP contribution in [0, 0.1) is 0 Å². The lowest BCUT2D eigenvalue weighted by Crippen LogP contribution is -2.22. The van der Waals surface area contributed by atoms with E-state index in [0.717, 1.165) is 23.5 Å². The Labute approximate surface area is 112 Å². The van der Waals surface area contributed by atoms with Gasteiger partial charge in [-0.05, 0) is 23.4 Å². The van der Waals surface area contributed by atoms with Crippen LogP contribution in [-0.2, 0) is 11.3 Å². The molecule has 5 heteroatoms. The standard InChI is InChI=1S/C13H17NO3S/c15-13(4-7-18)14-9-10-2-3-11-12(8-10)17-6-1-5-16-11/h2-3,8,18H,1,4-7,9H2,(H,14,15). The van der Waals surface area contributed by atoms with E-state index in [-0.39, 0.29) is 5.91 Å². The lowest BCUT2D eigenvalue weighted by atomic mass is 10.2. The predicted octanol–water partition coefficient (Wildman–Crippen LogP) is 1.78. The molecule has 0 aliphatic carbocycles. The van der Waals surface area contributed by atoms with Crippen molar-refractivity contribution in [2.45, 2.75) is 19.4 Å². The summed E-state index contributed by atoms with van der Waals surface area (Å²) in [7, 11) is 0. The molecule has 1 aliphatic heterocycles. The molecule has 2 rings (SSSR count). The van der Waals surface area contributed by atoms with Crippen LogP contribution in [0.4, 0.5) is 0 Å². The average molecular weight is 267 g/mol. The van der Waals surface area contributed by atoms with Crippen LogP contribution < -0.4 is 14.8 Å². The maximum Gasteiger partial charge on any atom is 0.221 e. The summed E-state index contributed by atoms with van der Waals surface area (Å²) in [5.74, 6) is 2.11. The molecule has 0 fully saturated rings. The van der Waals surface area contributed by atoms with Gasteiger partial charge in [-0.1, -0.05) is 6.07 Å². The van der Waals surface area contributed by atoms with Crippen molar-refractivity contribution in [3.63, 3.8) is 0 Å². The zero-order valence-corrected chi connectivity index (χ0v) is 11.0. The van der Waals surface area contributed by atoms with E-state index in [4.69, 9.17) is 9.47 Å². The molecule has 18 heavy (non-hydrogen) atoms. The lowest BCUT2D eigenvalue weighted by molar-refractivity contribution is -0.120. The van der Waals surface area contributed by atoms with Gasteiger partial charge < -0.3 is 14.8 Å². The summed E-state index contributed by atoms with van der Waals surface area (Å²) in [6, 6.07) is 5.75. The van der Waals surface area contributed by atoms with Gasteiger partial charge in [-0.2, -0.15) is 12.6 Å². The van der Waals surface area contributed by atoms with E-state index in [1.165, 1.54) is 0 Å². The largest absolute Gasteiger partial charge is 0.490 e. The summed E-state index contributed by atoms with van der Waals surface area (Å²) < 4.78 is 11.1. The van der Waals surface area contributed by atoms with Gasteiger partial charge in [0.15, 0.2) is 11.5 Å². The van der Waals surface area contributed by atoms with Gasteiger partial charge in [-0.3, -0.25) is 4.79 Å². The van der Waals surface area contributed by atoms with Crippen LogP contribution in [0.25, 0.3) is 0 Å². The zero-order chi connectivity index (χ0) is 12.8. The van der Waals surface area contributed by atoms with Crippen LogP contribution in [0.3, 0.4) is 0 Å². The van der Waals surface area contributed by atoms with Crippen LogP contribution in [0.1, 0.15) is 18.4 Å². The van der Waals surface area contributed by atoms with E-state index in [2.05, 4.69) is 17.9 Å². The number of hydrogen-bond acceptors (Lipinski definition) is 4. The molecule has 0 unspecified atom stereocenters. The number of thiol groups is 1. The first kappa shape index (κ1) is 13.1. The van der Waals surface area contributed by atoms with Crippen LogP contribution in [0.2, 0.25) is 0 Å². The number of ether oxygens (including phenoxy) is 2. The molecule has 0 atom stereocenters. The molecule has 1 amide bonds. The Hall–Kier alpha value is -1.36. The first-order valence-electron chi connectivity index (χ1n) is 6.05. The van der Waals surface area contributed by atoms with E-state index < -0.39 is 0 Å². The second-order valence-electron chi connectivity index (χ2n) is 4.08. The highest BCUT2D eigenvalue weighted by atomic mass is 32.1. The number of hydrogen-bond donors (Lipinski definition) is 2. The number of rotatable bonds is 4.